The van der Waals surface area contributed by atoms with Gasteiger partial charge in [-0.1, -0.05) is 0 Å². The maximum Gasteiger partial charge on any atom is 0.253 e. The fraction of sp³-hybridized carbons (Fsp3) is 0.357. The van der Waals surface area contributed by atoms with Gasteiger partial charge in [-0.3, -0.25) is 14.3 Å². The molecule has 0 radical (unpaired) electrons. The SMILES string of the molecule is Cc1scc(C(=O)N[C@@](C)(Cn2cccn2)C(N)=O)c1C. The number of carbonyl (C=O) groups excluding carboxylic acids is 2. The van der Waals surface area contributed by atoms with Gasteiger partial charge in [-0.25, -0.2) is 0 Å². The topological polar surface area (TPSA) is 90.0 Å². The third-order valence-corrected chi connectivity index (χ3v) is 4.51. The van der Waals surface area contributed by atoms with E-state index in [1.807, 2.05) is 13.8 Å². The van der Waals surface area contributed by atoms with Crippen LogP contribution in [0.3, 0.4) is 0 Å². The molecule has 21 heavy (non-hydrogen) atoms. The number of rotatable bonds is 5. The minimum atomic E-state index is -1.20. The summed E-state index contributed by atoms with van der Waals surface area (Å²) in [7, 11) is 0. The van der Waals surface area contributed by atoms with Crippen LogP contribution in [0, 0.1) is 13.8 Å². The summed E-state index contributed by atoms with van der Waals surface area (Å²) in [5.41, 5.74) is 5.76. The van der Waals surface area contributed by atoms with E-state index < -0.39 is 11.4 Å². The Bertz CT molecular complexity index is 663. The molecule has 0 aliphatic heterocycles. The molecule has 0 spiro atoms. The molecule has 112 valence electrons. The highest BCUT2D eigenvalue weighted by Crippen LogP contribution is 2.21. The van der Waals surface area contributed by atoms with E-state index in [2.05, 4.69) is 10.4 Å². The van der Waals surface area contributed by atoms with E-state index in [0.717, 1.165) is 10.4 Å². The smallest absolute Gasteiger partial charge is 0.253 e. The average Bonchev–Trinajstić information content (AvgIpc) is 3.01. The van der Waals surface area contributed by atoms with E-state index >= 15 is 0 Å². The van der Waals surface area contributed by atoms with Crippen LogP contribution in [0.15, 0.2) is 23.8 Å². The van der Waals surface area contributed by atoms with E-state index in [4.69, 9.17) is 5.73 Å². The predicted molar refractivity (Wildman–Crippen MR) is 81.1 cm³/mol. The summed E-state index contributed by atoms with van der Waals surface area (Å²) in [4.78, 5) is 25.2. The Morgan fingerprint density at radius 1 is 1.48 bits per heavy atom. The molecular formula is C14H18N4O2S. The van der Waals surface area contributed by atoms with Crippen molar-refractivity contribution in [1.29, 1.82) is 0 Å². The monoisotopic (exact) mass is 306 g/mol. The zero-order valence-corrected chi connectivity index (χ0v) is 13.0. The van der Waals surface area contributed by atoms with Gasteiger partial charge in [-0.15, -0.1) is 11.3 Å². The van der Waals surface area contributed by atoms with E-state index in [0.29, 0.717) is 5.56 Å². The van der Waals surface area contributed by atoms with E-state index in [1.165, 1.54) is 11.3 Å². The Kier molecular flexibility index (Phi) is 4.13. The van der Waals surface area contributed by atoms with Gasteiger partial charge in [0.15, 0.2) is 0 Å². The van der Waals surface area contributed by atoms with Gasteiger partial charge in [0, 0.05) is 22.7 Å². The first-order chi connectivity index (χ1) is 9.83. The molecule has 7 heteroatoms. The zero-order valence-electron chi connectivity index (χ0n) is 12.2. The molecule has 6 nitrogen and oxygen atoms in total. The fourth-order valence-electron chi connectivity index (χ4n) is 1.95. The lowest BCUT2D eigenvalue weighted by Crippen LogP contribution is -2.58. The molecule has 2 amide bonds. The second kappa shape index (κ2) is 5.69. The van der Waals surface area contributed by atoms with E-state index in [-0.39, 0.29) is 12.5 Å². The number of amides is 2. The highest BCUT2D eigenvalue weighted by Gasteiger charge is 2.34. The molecule has 1 atom stereocenters. The van der Waals surface area contributed by atoms with Gasteiger partial charge < -0.3 is 11.1 Å². The largest absolute Gasteiger partial charge is 0.368 e. The van der Waals surface area contributed by atoms with Gasteiger partial charge in [0.1, 0.15) is 5.54 Å². The lowest BCUT2D eigenvalue weighted by Gasteiger charge is -2.27. The van der Waals surface area contributed by atoms with Gasteiger partial charge in [-0.2, -0.15) is 5.10 Å². The number of thiophene rings is 1. The lowest BCUT2D eigenvalue weighted by molar-refractivity contribution is -0.124. The van der Waals surface area contributed by atoms with Gasteiger partial charge in [-0.05, 0) is 32.4 Å². The highest BCUT2D eigenvalue weighted by molar-refractivity contribution is 7.10. The maximum absolute atomic E-state index is 12.4. The maximum atomic E-state index is 12.4. The summed E-state index contributed by atoms with van der Waals surface area (Å²) in [6.07, 6.45) is 3.32. The summed E-state index contributed by atoms with van der Waals surface area (Å²) >= 11 is 1.50. The zero-order chi connectivity index (χ0) is 15.6. The third kappa shape index (κ3) is 3.13. The summed E-state index contributed by atoms with van der Waals surface area (Å²) in [6.45, 7) is 5.62. The minimum absolute atomic E-state index is 0.184. The quantitative estimate of drug-likeness (QED) is 0.870. The molecular weight excluding hydrogens is 288 g/mol. The molecule has 0 aromatic carbocycles. The fourth-order valence-corrected chi connectivity index (χ4v) is 2.82. The van der Waals surface area contributed by atoms with Crippen LogP contribution in [0.25, 0.3) is 0 Å². The van der Waals surface area contributed by atoms with Crippen LogP contribution in [0.4, 0.5) is 0 Å². The summed E-state index contributed by atoms with van der Waals surface area (Å²) in [5, 5.41) is 8.57. The van der Waals surface area contributed by atoms with Gasteiger partial charge in [0.2, 0.25) is 5.91 Å². The molecule has 2 aromatic rings. The van der Waals surface area contributed by atoms with Gasteiger partial charge >= 0.3 is 0 Å². The van der Waals surface area contributed by atoms with Crippen molar-refractivity contribution in [3.63, 3.8) is 0 Å². The number of nitrogens with zero attached hydrogens (tertiary/aromatic N) is 2. The molecule has 0 aliphatic rings. The van der Waals surface area contributed by atoms with Gasteiger partial charge in [0.05, 0.1) is 12.1 Å². The molecule has 0 saturated carbocycles. The molecule has 2 aromatic heterocycles. The van der Waals surface area contributed by atoms with Crippen molar-refractivity contribution in [2.75, 3.05) is 0 Å². The number of carbonyl (C=O) groups is 2. The second-order valence-corrected chi connectivity index (χ2v) is 6.27. The molecule has 0 aliphatic carbocycles. The van der Waals surface area contributed by atoms with Crippen LogP contribution in [-0.2, 0) is 11.3 Å². The summed E-state index contributed by atoms with van der Waals surface area (Å²) in [5.74, 6) is -0.902. The first-order valence-corrected chi connectivity index (χ1v) is 7.36. The number of nitrogens with one attached hydrogen (secondary N) is 1. The van der Waals surface area contributed by atoms with Crippen molar-refractivity contribution in [2.45, 2.75) is 32.9 Å². The van der Waals surface area contributed by atoms with Crippen molar-refractivity contribution in [2.24, 2.45) is 5.73 Å². The summed E-state index contributed by atoms with van der Waals surface area (Å²) in [6, 6.07) is 1.75. The number of aromatic nitrogens is 2. The van der Waals surface area contributed by atoms with Crippen LogP contribution >= 0.6 is 11.3 Å². The van der Waals surface area contributed by atoms with Crippen molar-refractivity contribution >= 4 is 23.2 Å². The number of primary amides is 1. The Morgan fingerprint density at radius 3 is 2.67 bits per heavy atom. The van der Waals surface area contributed by atoms with Crippen LogP contribution < -0.4 is 11.1 Å². The van der Waals surface area contributed by atoms with Crippen molar-refractivity contribution in [3.8, 4) is 0 Å². The first kappa shape index (κ1) is 15.2. The van der Waals surface area contributed by atoms with E-state index in [1.54, 1.807) is 35.4 Å². The summed E-state index contributed by atoms with van der Waals surface area (Å²) < 4.78 is 1.57. The normalized spacial score (nSPS) is 13.7. The van der Waals surface area contributed by atoms with Crippen molar-refractivity contribution < 1.29 is 9.59 Å². The van der Waals surface area contributed by atoms with Crippen molar-refractivity contribution in [3.05, 3.63) is 39.8 Å². The Morgan fingerprint density at radius 2 is 2.19 bits per heavy atom. The number of aryl methyl sites for hydroxylation is 1. The number of nitrogens with two attached hydrogens (primary N) is 1. The minimum Gasteiger partial charge on any atom is -0.368 e. The number of hydrogen-bond acceptors (Lipinski definition) is 4. The van der Waals surface area contributed by atoms with Crippen LogP contribution in [0.1, 0.15) is 27.7 Å². The molecule has 0 fully saturated rings. The molecule has 0 bridgehead atoms. The molecule has 3 N–H and O–H groups in total. The predicted octanol–water partition coefficient (Wildman–Crippen LogP) is 1.24. The molecule has 2 heterocycles. The third-order valence-electron chi connectivity index (χ3n) is 3.50. The standard InChI is InChI=1S/C14H18N4O2S/c1-9-10(2)21-7-11(9)12(19)17-14(3,13(15)20)8-18-6-4-5-16-18/h4-7H,8H2,1-3H3,(H2,15,20)(H,17,19)/t14-/m0/s1. The lowest BCUT2D eigenvalue weighted by atomic mass is 10.0. The van der Waals surface area contributed by atoms with Crippen LogP contribution in [-0.4, -0.2) is 27.1 Å². The average molecular weight is 306 g/mol. The first-order valence-electron chi connectivity index (χ1n) is 6.48. The van der Waals surface area contributed by atoms with E-state index in [9.17, 15) is 9.59 Å². The van der Waals surface area contributed by atoms with Crippen molar-refractivity contribution in [1.82, 2.24) is 15.1 Å². The highest BCUT2D eigenvalue weighted by atomic mass is 32.1. The second-order valence-electron chi connectivity index (χ2n) is 5.18. The van der Waals surface area contributed by atoms with Crippen LogP contribution in [0.2, 0.25) is 0 Å². The molecule has 0 saturated heterocycles. The van der Waals surface area contributed by atoms with Gasteiger partial charge in [0.25, 0.3) is 5.91 Å². The Balaban J connectivity index is 2.22. The molecule has 2 rings (SSSR count). The van der Waals surface area contributed by atoms with Crippen LogP contribution in [0.5, 0.6) is 0 Å². The Labute approximate surface area is 127 Å². The molecule has 0 unspecified atom stereocenters. The Hall–Kier alpha value is -2.15. The number of hydrogen-bond donors (Lipinski definition) is 2.